The van der Waals surface area contributed by atoms with Gasteiger partial charge in [-0.2, -0.15) is 11.8 Å². The van der Waals surface area contributed by atoms with E-state index in [9.17, 15) is 4.79 Å². The first kappa shape index (κ1) is 15.1. The Morgan fingerprint density at radius 2 is 2.30 bits per heavy atom. The van der Waals surface area contributed by atoms with Gasteiger partial charge in [-0.3, -0.25) is 4.79 Å². The van der Waals surface area contributed by atoms with E-state index in [2.05, 4.69) is 40.5 Å². The van der Waals surface area contributed by atoms with Crippen LogP contribution in [0.5, 0.6) is 0 Å². The molecular formula is C19H24N2OS. The number of rotatable bonds is 3. The van der Waals surface area contributed by atoms with Crippen LogP contribution >= 0.6 is 11.8 Å². The van der Waals surface area contributed by atoms with Crippen molar-refractivity contribution in [2.75, 3.05) is 18.6 Å². The highest BCUT2D eigenvalue weighted by Crippen LogP contribution is 2.45. The van der Waals surface area contributed by atoms with E-state index >= 15 is 0 Å². The number of carbonyl (C=O) groups is 1. The molecule has 1 aromatic heterocycles. The van der Waals surface area contributed by atoms with Gasteiger partial charge in [-0.25, -0.2) is 0 Å². The number of hydrogen-bond acceptors (Lipinski definition) is 2. The number of hydrogen-bond donors (Lipinski definition) is 1. The Kier molecular flexibility index (Phi) is 3.88. The largest absolute Gasteiger partial charge is 0.361 e. The van der Waals surface area contributed by atoms with E-state index in [1.807, 2.05) is 18.7 Å². The number of benzene rings is 1. The highest BCUT2D eigenvalue weighted by Gasteiger charge is 2.41. The minimum absolute atomic E-state index is 0.317. The van der Waals surface area contributed by atoms with E-state index in [-0.39, 0.29) is 0 Å². The molecule has 2 aromatic rings. The maximum atomic E-state index is 12.6. The number of likely N-dealkylation sites (tertiary alicyclic amines) is 1. The van der Waals surface area contributed by atoms with E-state index in [0.29, 0.717) is 30.2 Å². The molecule has 4 heteroatoms. The Hall–Kier alpha value is -1.42. The fourth-order valence-electron chi connectivity index (χ4n) is 4.64. The summed E-state index contributed by atoms with van der Waals surface area (Å²) in [4.78, 5) is 18.2. The second-order valence-electron chi connectivity index (χ2n) is 6.92. The molecule has 23 heavy (non-hydrogen) atoms. The van der Waals surface area contributed by atoms with Gasteiger partial charge in [0.1, 0.15) is 0 Å². The van der Waals surface area contributed by atoms with Crippen molar-refractivity contribution in [3.05, 3.63) is 35.5 Å². The van der Waals surface area contributed by atoms with E-state index in [4.69, 9.17) is 0 Å². The number of nitrogens with zero attached hydrogens (tertiary/aromatic N) is 1. The van der Waals surface area contributed by atoms with Crippen LogP contribution in [0.25, 0.3) is 10.9 Å². The van der Waals surface area contributed by atoms with Crippen LogP contribution in [0.2, 0.25) is 0 Å². The standard InChI is InChI=1S/C19H24N2OS/c1-3-18(22)21-10-12(11-23-2)7-15-14-5-4-6-16-19(14)13(9-20-16)8-17(15)21/h4-6,9,12,15,17,20H,3,7-8,10-11H2,1-2H3/t12-,15?,17-/m1/s1. The summed E-state index contributed by atoms with van der Waals surface area (Å²) >= 11 is 1.90. The molecule has 1 aromatic carbocycles. The van der Waals surface area contributed by atoms with Crippen LogP contribution in [0.1, 0.15) is 36.8 Å². The normalized spacial score (nSPS) is 26.3. The van der Waals surface area contributed by atoms with Crippen LogP contribution in [0, 0.1) is 5.92 Å². The van der Waals surface area contributed by atoms with Gasteiger partial charge in [0.05, 0.1) is 0 Å². The fourth-order valence-corrected chi connectivity index (χ4v) is 5.35. The topological polar surface area (TPSA) is 36.1 Å². The number of piperidine rings is 1. The zero-order valence-corrected chi connectivity index (χ0v) is 14.7. The molecule has 2 aliphatic rings. The third-order valence-corrected chi connectivity index (χ3v) is 6.39. The molecule has 3 nitrogen and oxygen atoms in total. The summed E-state index contributed by atoms with van der Waals surface area (Å²) < 4.78 is 0. The van der Waals surface area contributed by atoms with Crippen LogP contribution in [0.15, 0.2) is 24.4 Å². The first-order chi connectivity index (χ1) is 11.2. The molecule has 1 aliphatic carbocycles. The molecular weight excluding hydrogens is 304 g/mol. The molecule has 3 atom stereocenters. The monoisotopic (exact) mass is 328 g/mol. The van der Waals surface area contributed by atoms with Crippen LogP contribution in [-0.4, -0.2) is 40.4 Å². The average molecular weight is 328 g/mol. The van der Waals surface area contributed by atoms with Crippen molar-refractivity contribution >= 4 is 28.6 Å². The van der Waals surface area contributed by atoms with Crippen LogP contribution in [-0.2, 0) is 11.2 Å². The summed E-state index contributed by atoms with van der Waals surface area (Å²) in [5.74, 6) is 2.56. The number of H-pyrrole nitrogens is 1. The van der Waals surface area contributed by atoms with Crippen molar-refractivity contribution in [2.24, 2.45) is 5.92 Å². The minimum atomic E-state index is 0.317. The second-order valence-corrected chi connectivity index (χ2v) is 7.83. The van der Waals surface area contributed by atoms with Crippen molar-refractivity contribution in [1.82, 2.24) is 9.88 Å². The summed E-state index contributed by atoms with van der Waals surface area (Å²) in [5.41, 5.74) is 4.08. The Morgan fingerprint density at radius 3 is 3.09 bits per heavy atom. The van der Waals surface area contributed by atoms with E-state index < -0.39 is 0 Å². The average Bonchev–Trinajstić information content (AvgIpc) is 2.99. The predicted molar refractivity (Wildman–Crippen MR) is 97.0 cm³/mol. The molecule has 1 unspecified atom stereocenters. The molecule has 2 heterocycles. The Morgan fingerprint density at radius 1 is 1.43 bits per heavy atom. The molecule has 1 aliphatic heterocycles. The molecule has 0 radical (unpaired) electrons. The molecule has 1 N–H and O–H groups in total. The molecule has 1 saturated heterocycles. The molecule has 122 valence electrons. The van der Waals surface area contributed by atoms with Gasteiger partial charge in [-0.15, -0.1) is 0 Å². The second kappa shape index (κ2) is 5.90. The summed E-state index contributed by atoms with van der Waals surface area (Å²) in [7, 11) is 0. The van der Waals surface area contributed by atoms with Gasteiger partial charge >= 0.3 is 0 Å². The maximum absolute atomic E-state index is 12.6. The molecule has 0 spiro atoms. The number of fused-ring (bicyclic) bond motifs is 2. The van der Waals surface area contributed by atoms with Crippen LogP contribution < -0.4 is 0 Å². The number of aromatic nitrogens is 1. The van der Waals surface area contributed by atoms with Gasteiger partial charge in [-0.1, -0.05) is 19.1 Å². The minimum Gasteiger partial charge on any atom is -0.361 e. The highest BCUT2D eigenvalue weighted by molar-refractivity contribution is 7.98. The van der Waals surface area contributed by atoms with Gasteiger partial charge in [0.15, 0.2) is 0 Å². The lowest BCUT2D eigenvalue weighted by molar-refractivity contribution is -0.136. The van der Waals surface area contributed by atoms with Crippen molar-refractivity contribution in [2.45, 2.75) is 38.1 Å². The number of carbonyl (C=O) groups excluding carboxylic acids is 1. The molecule has 0 bridgehead atoms. The summed E-state index contributed by atoms with van der Waals surface area (Å²) in [5, 5.41) is 1.42. The summed E-state index contributed by atoms with van der Waals surface area (Å²) in [6.07, 6.45) is 7.14. The molecule has 1 fully saturated rings. The predicted octanol–water partition coefficient (Wildman–Crippen LogP) is 3.80. The summed E-state index contributed by atoms with van der Waals surface area (Å²) in [6.45, 7) is 2.92. The Labute approximate surface area is 141 Å². The van der Waals surface area contributed by atoms with Crippen molar-refractivity contribution in [3.63, 3.8) is 0 Å². The molecule has 0 saturated carbocycles. The zero-order valence-electron chi connectivity index (χ0n) is 13.8. The highest BCUT2D eigenvalue weighted by atomic mass is 32.2. The zero-order chi connectivity index (χ0) is 16.0. The first-order valence-corrected chi connectivity index (χ1v) is 9.99. The van der Waals surface area contributed by atoms with Crippen LogP contribution in [0.4, 0.5) is 0 Å². The Balaban J connectivity index is 1.78. The SMILES string of the molecule is CCC(=O)N1C[C@H](CSC)CC2c3cccc4[nH]cc(c34)C[C@H]21. The lowest BCUT2D eigenvalue weighted by atomic mass is 9.72. The van der Waals surface area contributed by atoms with E-state index in [0.717, 1.165) is 18.7 Å². The first-order valence-electron chi connectivity index (χ1n) is 8.60. The number of amides is 1. The van der Waals surface area contributed by atoms with E-state index in [1.54, 1.807) is 0 Å². The number of aromatic amines is 1. The summed E-state index contributed by atoms with van der Waals surface area (Å²) in [6, 6.07) is 6.95. The van der Waals surface area contributed by atoms with Gasteiger partial charge in [-0.05, 0) is 48.0 Å². The Bertz CT molecular complexity index is 738. The number of nitrogens with one attached hydrogen (secondary N) is 1. The fraction of sp³-hybridized carbons (Fsp3) is 0.526. The van der Waals surface area contributed by atoms with E-state index in [1.165, 1.54) is 28.5 Å². The molecule has 1 amide bonds. The smallest absolute Gasteiger partial charge is 0.222 e. The van der Waals surface area contributed by atoms with Crippen molar-refractivity contribution < 1.29 is 4.79 Å². The maximum Gasteiger partial charge on any atom is 0.222 e. The number of thioether (sulfide) groups is 1. The molecule has 4 rings (SSSR count). The van der Waals surface area contributed by atoms with Crippen molar-refractivity contribution in [1.29, 1.82) is 0 Å². The quantitative estimate of drug-likeness (QED) is 0.930. The lowest BCUT2D eigenvalue weighted by Gasteiger charge is -2.47. The van der Waals surface area contributed by atoms with Gasteiger partial charge in [0.2, 0.25) is 5.91 Å². The van der Waals surface area contributed by atoms with Crippen molar-refractivity contribution in [3.8, 4) is 0 Å². The third kappa shape index (κ3) is 2.38. The van der Waals surface area contributed by atoms with Gasteiger partial charge < -0.3 is 9.88 Å². The van der Waals surface area contributed by atoms with Crippen LogP contribution in [0.3, 0.4) is 0 Å². The van der Waals surface area contributed by atoms with Gasteiger partial charge in [0.25, 0.3) is 0 Å². The lowest BCUT2D eigenvalue weighted by Crippen LogP contribution is -2.52. The van der Waals surface area contributed by atoms with Gasteiger partial charge in [0, 0.05) is 42.0 Å². The third-order valence-electron chi connectivity index (χ3n) is 5.58.